The third-order valence-corrected chi connectivity index (χ3v) is 11.7. The van der Waals surface area contributed by atoms with Crippen molar-refractivity contribution in [3.63, 3.8) is 0 Å². The molecule has 1 fully saturated rings. The maximum atomic E-state index is 14.5. The number of carbonyl (C=O) groups excluding carboxylic acids is 5. The highest BCUT2D eigenvalue weighted by atomic mass is 35.5. The fourth-order valence-electron chi connectivity index (χ4n) is 8.44. The Morgan fingerprint density at radius 2 is 1.47 bits per heavy atom. The highest BCUT2D eigenvalue weighted by molar-refractivity contribution is 6.26. The number of halogens is 1. The van der Waals surface area contributed by atoms with Gasteiger partial charge in [0.15, 0.2) is 36.2 Å². The van der Waals surface area contributed by atoms with Gasteiger partial charge in [-0.15, -0.1) is 11.6 Å². The topological polar surface area (TPSA) is 178 Å². The smallest absolute Gasteiger partial charge is 0.321 e. The molecule has 0 unspecified atom stereocenters. The van der Waals surface area contributed by atoms with Crippen LogP contribution < -0.4 is 0 Å². The van der Waals surface area contributed by atoms with Crippen molar-refractivity contribution in [1.29, 1.82) is 0 Å². The van der Waals surface area contributed by atoms with Crippen molar-refractivity contribution < 1.29 is 71.3 Å². The average molecular weight is 845 g/mol. The third kappa shape index (κ3) is 11.9. The van der Waals surface area contributed by atoms with Crippen molar-refractivity contribution in [2.75, 3.05) is 20.1 Å². The first-order chi connectivity index (χ1) is 27.0. The van der Waals surface area contributed by atoms with Crippen molar-refractivity contribution in [3.8, 4) is 0 Å². The lowest BCUT2D eigenvalue weighted by molar-refractivity contribution is -0.311. The van der Waals surface area contributed by atoms with Gasteiger partial charge in [-0.05, 0) is 79.0 Å². The average Bonchev–Trinajstić information content (AvgIpc) is 3.15. The van der Waals surface area contributed by atoms with Crippen LogP contribution in [0.4, 0.5) is 0 Å². The Bertz CT molecular complexity index is 1530. The molecular weight excluding hydrogens is 780 g/mol. The molecule has 0 aromatic heterocycles. The van der Waals surface area contributed by atoms with Crippen molar-refractivity contribution in [3.05, 3.63) is 23.8 Å². The van der Waals surface area contributed by atoms with E-state index in [4.69, 9.17) is 59.0 Å². The maximum Gasteiger partial charge on any atom is 0.321 e. The molecule has 330 valence electrons. The van der Waals surface area contributed by atoms with Gasteiger partial charge in [-0.25, -0.2) is 0 Å². The fraction of sp³-hybridized carbons (Fsp3) is 0.786. The number of rotatable bonds is 11. The zero-order valence-corrected chi connectivity index (χ0v) is 37.2. The molecule has 0 amide bonds. The second kappa shape index (κ2) is 20.6. The Morgan fingerprint density at radius 1 is 0.862 bits per heavy atom. The molecule has 0 radical (unpaired) electrons. The summed E-state index contributed by atoms with van der Waals surface area (Å²) < 4.78 is 61.7. The van der Waals surface area contributed by atoms with Gasteiger partial charge >= 0.3 is 23.9 Å². The molecule has 15 nitrogen and oxygen atoms in total. The van der Waals surface area contributed by atoms with Crippen LogP contribution in [0.5, 0.6) is 0 Å². The molecule has 58 heavy (non-hydrogen) atoms. The summed E-state index contributed by atoms with van der Waals surface area (Å²) in [6.45, 7) is 19.9. The van der Waals surface area contributed by atoms with Gasteiger partial charge in [0, 0.05) is 46.3 Å². The van der Waals surface area contributed by atoms with E-state index in [0.29, 0.717) is 0 Å². The van der Waals surface area contributed by atoms with Crippen molar-refractivity contribution in [1.82, 2.24) is 0 Å². The zero-order valence-electron chi connectivity index (χ0n) is 36.5. The van der Waals surface area contributed by atoms with E-state index in [1.165, 1.54) is 34.1 Å². The van der Waals surface area contributed by atoms with Crippen molar-refractivity contribution >= 4 is 41.3 Å². The van der Waals surface area contributed by atoms with Crippen molar-refractivity contribution in [2.24, 2.45) is 17.8 Å². The number of alkyl halides is 1. The van der Waals surface area contributed by atoms with Gasteiger partial charge in [0.1, 0.15) is 17.6 Å². The molecule has 0 aliphatic carbocycles. The highest BCUT2D eigenvalue weighted by Crippen LogP contribution is 2.41. The number of hydrogen-bond donors (Lipinski definition) is 0. The van der Waals surface area contributed by atoms with E-state index < -0.39 is 120 Å². The van der Waals surface area contributed by atoms with Crippen LogP contribution in [-0.4, -0.2) is 122 Å². The van der Waals surface area contributed by atoms with Crippen LogP contribution >= 0.6 is 11.6 Å². The van der Waals surface area contributed by atoms with Crippen LogP contribution in [-0.2, 0) is 71.3 Å². The molecule has 0 spiro atoms. The van der Waals surface area contributed by atoms with Crippen LogP contribution in [0.15, 0.2) is 23.8 Å². The molecule has 3 aliphatic heterocycles. The Hall–Kier alpha value is -2.92. The van der Waals surface area contributed by atoms with Crippen LogP contribution in [0.2, 0.25) is 0 Å². The first-order valence-corrected chi connectivity index (χ1v) is 20.5. The number of esters is 4. The molecule has 3 aliphatic rings. The number of allylic oxidation sites excluding steroid dienone is 1. The second-order valence-corrected chi connectivity index (χ2v) is 16.7. The molecule has 0 N–H and O–H groups in total. The summed E-state index contributed by atoms with van der Waals surface area (Å²) in [5.74, 6) is -5.81. The highest BCUT2D eigenvalue weighted by Gasteiger charge is 2.53. The molecule has 3 rings (SSSR count). The quantitative estimate of drug-likeness (QED) is 0.109. The number of ether oxygens (including phenoxy) is 10. The second-order valence-electron chi connectivity index (χ2n) is 16.4. The van der Waals surface area contributed by atoms with Gasteiger partial charge in [-0.2, -0.15) is 0 Å². The summed E-state index contributed by atoms with van der Waals surface area (Å²) in [6.07, 6.45) is -2.79. The van der Waals surface area contributed by atoms with E-state index in [2.05, 4.69) is 0 Å². The number of hydrogen-bond acceptors (Lipinski definition) is 15. The minimum absolute atomic E-state index is 0.0893. The molecule has 3 heterocycles. The summed E-state index contributed by atoms with van der Waals surface area (Å²) in [5, 5.41) is 0. The van der Waals surface area contributed by atoms with Gasteiger partial charge < -0.3 is 47.4 Å². The fourth-order valence-corrected chi connectivity index (χ4v) is 8.49. The maximum absolute atomic E-state index is 14.5. The third-order valence-electron chi connectivity index (χ3n) is 11.5. The SMILES string of the molecule is CC[C@H]1OC(=O)[C@H](C)[C@@H](O[C@H]2C[C@@](C)(OC)[C@@H](OC(C)=O)[C@H](C)O2)[C@H](C)[C@@H](O[C@@H]2O[C@H](C)C=C[C@H]2OC(C)=O)[C@](C)(OC)C[C@@H](C)C(=O)C(C)=C[C@]1(C)OC(=O)CCl. The van der Waals surface area contributed by atoms with Crippen molar-refractivity contribution in [2.45, 2.75) is 174 Å². The van der Waals surface area contributed by atoms with Crippen LogP contribution in [0.3, 0.4) is 0 Å². The molecular formula is C42H65ClO15. The van der Waals surface area contributed by atoms with Gasteiger partial charge in [-0.3, -0.25) is 24.0 Å². The summed E-state index contributed by atoms with van der Waals surface area (Å²) in [4.78, 5) is 65.7. The van der Waals surface area contributed by atoms with Crippen LogP contribution in [0, 0.1) is 17.8 Å². The van der Waals surface area contributed by atoms with E-state index in [0.717, 1.165) is 0 Å². The summed E-state index contributed by atoms with van der Waals surface area (Å²) in [6, 6.07) is 0. The Balaban J connectivity index is 2.28. The summed E-state index contributed by atoms with van der Waals surface area (Å²) in [5.41, 5.74) is -3.67. The number of carbonyl (C=O) groups is 5. The first-order valence-electron chi connectivity index (χ1n) is 19.9. The van der Waals surface area contributed by atoms with Gasteiger partial charge in [-0.1, -0.05) is 26.8 Å². The van der Waals surface area contributed by atoms with E-state index in [-0.39, 0.29) is 30.6 Å². The minimum atomic E-state index is -1.58. The molecule has 15 atom stereocenters. The normalized spacial score (nSPS) is 40.4. The monoisotopic (exact) mass is 844 g/mol. The lowest BCUT2D eigenvalue weighted by Gasteiger charge is -2.49. The summed E-state index contributed by atoms with van der Waals surface area (Å²) in [7, 11) is 2.99. The predicted molar refractivity (Wildman–Crippen MR) is 210 cm³/mol. The minimum Gasteiger partial charge on any atom is -0.457 e. The molecule has 1 saturated heterocycles. The number of methoxy groups -OCH3 is 2. The van der Waals surface area contributed by atoms with E-state index in [1.54, 1.807) is 67.5 Å². The van der Waals surface area contributed by atoms with Crippen LogP contribution in [0.25, 0.3) is 0 Å². The molecule has 0 saturated carbocycles. The number of Topliss-reactive ketones (excluding diaryl/α,β-unsaturated/α-hetero) is 1. The molecule has 16 heteroatoms. The molecule has 0 aromatic carbocycles. The zero-order chi connectivity index (χ0) is 43.9. The Kier molecular flexibility index (Phi) is 17.5. The van der Waals surface area contributed by atoms with Gasteiger partial charge in [0.05, 0.1) is 35.9 Å². The Morgan fingerprint density at radius 3 is 2.02 bits per heavy atom. The molecule has 0 aromatic rings. The largest absolute Gasteiger partial charge is 0.457 e. The van der Waals surface area contributed by atoms with Crippen LogP contribution in [0.1, 0.15) is 102 Å². The van der Waals surface area contributed by atoms with Gasteiger partial charge in [0.25, 0.3) is 0 Å². The lowest BCUT2D eigenvalue weighted by Crippen LogP contribution is -2.60. The predicted octanol–water partition coefficient (Wildman–Crippen LogP) is 5.56. The first kappa shape index (κ1) is 49.4. The number of ketones is 1. The summed E-state index contributed by atoms with van der Waals surface area (Å²) >= 11 is 5.86. The van der Waals surface area contributed by atoms with Gasteiger partial charge in [0.2, 0.25) is 0 Å². The Labute approximate surface area is 348 Å². The van der Waals surface area contributed by atoms with E-state index in [9.17, 15) is 24.0 Å². The van der Waals surface area contributed by atoms with E-state index >= 15 is 0 Å². The standard InChI is InChI=1S/C42H65ClO15/c1-15-31-40(10,58-32(46)21-43)18-22(2)34(47)23(3)19-41(11,49-13)36(57-39-30(53-28(8)44)17-16-24(4)51-39)25(5)35(26(6)38(48)55-31)56-33-20-42(12,50-14)37(27(7)52-33)54-29(9)45/h16-18,23-27,30-31,33,35-37,39H,15,19-21H2,1-14H3/t23-,24-,25+,26-,27+,30-,31-,33+,35+,36-,37+,39+,40+,41-,42-/m1/s1. The lowest BCUT2D eigenvalue weighted by atomic mass is 9.76. The number of cyclic esters (lactones) is 1. The van der Waals surface area contributed by atoms with E-state index in [1.807, 2.05) is 13.8 Å². The molecule has 0 bridgehead atoms.